The van der Waals surface area contributed by atoms with Crippen LogP contribution in [0.25, 0.3) is 0 Å². The maximum atomic E-state index is 13.8. The van der Waals surface area contributed by atoms with Crippen LogP contribution in [-0.4, -0.2) is 45.9 Å². The highest BCUT2D eigenvalue weighted by atomic mass is 79.9. The van der Waals surface area contributed by atoms with Crippen LogP contribution in [0.4, 0.5) is 14.7 Å². The first-order valence-electron chi connectivity index (χ1n) is 8.27. The number of nitrogens with zero attached hydrogens (tertiary/aromatic N) is 4. The number of hydrogen-bond acceptors (Lipinski definition) is 5. The quantitative estimate of drug-likeness (QED) is 0.730. The Kier molecular flexibility index (Phi) is 5.94. The van der Waals surface area contributed by atoms with Gasteiger partial charge in [0.25, 0.3) is 5.91 Å². The summed E-state index contributed by atoms with van der Waals surface area (Å²) in [6, 6.07) is 5.72. The number of halogens is 3. The second kappa shape index (κ2) is 8.39. The molecule has 0 aliphatic heterocycles. The van der Waals surface area contributed by atoms with E-state index in [1.807, 2.05) is 6.07 Å². The van der Waals surface area contributed by atoms with Crippen LogP contribution in [0.2, 0.25) is 0 Å². The van der Waals surface area contributed by atoms with Gasteiger partial charge in [-0.1, -0.05) is 0 Å². The number of nitrogens with one attached hydrogen (secondary N) is 1. The first kappa shape index (κ1) is 19.8. The zero-order valence-corrected chi connectivity index (χ0v) is 16.0. The molecule has 1 N–H and O–H groups in total. The third-order valence-electron chi connectivity index (χ3n) is 4.11. The van der Waals surface area contributed by atoms with Crippen LogP contribution in [0.1, 0.15) is 22.3 Å². The second-order valence-electron chi connectivity index (χ2n) is 6.28. The number of nitriles is 1. The predicted octanol–water partition coefficient (Wildman–Crippen LogP) is 2.69. The van der Waals surface area contributed by atoms with Crippen molar-refractivity contribution >= 4 is 33.7 Å². The molecule has 0 spiro atoms. The largest absolute Gasteiger partial charge is 0.329 e. The molecule has 0 saturated heterocycles. The highest BCUT2D eigenvalue weighted by Gasteiger charge is 2.40. The van der Waals surface area contributed by atoms with E-state index >= 15 is 0 Å². The Hall–Kier alpha value is -2.93. The van der Waals surface area contributed by atoms with Crippen molar-refractivity contribution < 1.29 is 18.4 Å². The van der Waals surface area contributed by atoms with E-state index in [4.69, 9.17) is 5.26 Å². The average molecular weight is 450 g/mol. The molecule has 0 bridgehead atoms. The minimum atomic E-state index is -1.01. The van der Waals surface area contributed by atoms with Crippen LogP contribution in [0.3, 0.4) is 0 Å². The van der Waals surface area contributed by atoms with Gasteiger partial charge in [0.1, 0.15) is 24.6 Å². The highest BCUT2D eigenvalue weighted by Crippen LogP contribution is 2.34. The van der Waals surface area contributed by atoms with E-state index in [0.717, 1.165) is 6.07 Å². The molecule has 3 rings (SSSR count). The van der Waals surface area contributed by atoms with Gasteiger partial charge in [-0.3, -0.25) is 14.9 Å². The van der Waals surface area contributed by atoms with Crippen molar-refractivity contribution in [2.75, 3.05) is 18.4 Å². The Morgan fingerprint density at radius 1 is 1.36 bits per heavy atom. The van der Waals surface area contributed by atoms with Gasteiger partial charge in [0.15, 0.2) is 0 Å². The van der Waals surface area contributed by atoms with Crippen molar-refractivity contribution in [2.45, 2.75) is 12.6 Å². The molecule has 0 radical (unpaired) electrons. The van der Waals surface area contributed by atoms with E-state index in [0.29, 0.717) is 6.42 Å². The number of alkyl halides is 1. The smallest absolute Gasteiger partial charge is 0.254 e. The lowest BCUT2D eigenvalue weighted by Crippen LogP contribution is -2.39. The lowest BCUT2D eigenvalue weighted by Gasteiger charge is -2.22. The fraction of sp³-hybridized carbons (Fsp3) is 0.278. The number of benzene rings is 1. The summed E-state index contributed by atoms with van der Waals surface area (Å²) < 4.78 is 27.3. The number of aromatic nitrogens is 2. The lowest BCUT2D eigenvalue weighted by molar-refractivity contribution is -0.117. The Balaban J connectivity index is 1.71. The highest BCUT2D eigenvalue weighted by molar-refractivity contribution is 9.10. The molecule has 28 heavy (non-hydrogen) atoms. The Bertz CT molecular complexity index is 948. The molecule has 144 valence electrons. The summed E-state index contributed by atoms with van der Waals surface area (Å²) in [7, 11) is 0. The molecular formula is C18H14BrF2N5O2. The van der Waals surface area contributed by atoms with Crippen LogP contribution < -0.4 is 5.32 Å². The van der Waals surface area contributed by atoms with Crippen molar-refractivity contribution in [3.63, 3.8) is 0 Å². The summed E-state index contributed by atoms with van der Waals surface area (Å²) >= 11 is 3.01. The molecule has 1 aliphatic rings. The van der Waals surface area contributed by atoms with Crippen LogP contribution in [-0.2, 0) is 4.79 Å². The Labute approximate surface area is 167 Å². The number of carbonyl (C=O) groups excluding carboxylic acids is 2. The van der Waals surface area contributed by atoms with Crippen molar-refractivity contribution in [1.29, 1.82) is 5.26 Å². The summed E-state index contributed by atoms with van der Waals surface area (Å²) in [5.41, 5.74) is 0.286. The minimum Gasteiger partial charge on any atom is -0.329 e. The molecule has 7 nitrogen and oxygen atoms in total. The van der Waals surface area contributed by atoms with Gasteiger partial charge in [0.05, 0.1) is 22.4 Å². The first-order valence-corrected chi connectivity index (χ1v) is 9.07. The van der Waals surface area contributed by atoms with Gasteiger partial charge in [0.2, 0.25) is 11.9 Å². The summed E-state index contributed by atoms with van der Waals surface area (Å²) in [6.45, 7) is -0.331. The van der Waals surface area contributed by atoms with Gasteiger partial charge in [-0.05, 0) is 40.5 Å². The molecule has 2 amide bonds. The van der Waals surface area contributed by atoms with Crippen molar-refractivity contribution in [2.24, 2.45) is 5.92 Å². The molecule has 2 atom stereocenters. The number of carbonyl (C=O) groups is 2. The van der Waals surface area contributed by atoms with Crippen molar-refractivity contribution in [1.82, 2.24) is 14.9 Å². The van der Waals surface area contributed by atoms with Gasteiger partial charge in [-0.2, -0.15) is 5.26 Å². The van der Waals surface area contributed by atoms with E-state index in [9.17, 15) is 18.4 Å². The minimum absolute atomic E-state index is 0.0270. The van der Waals surface area contributed by atoms with Crippen LogP contribution in [0, 0.1) is 23.1 Å². The van der Waals surface area contributed by atoms with E-state index in [2.05, 4.69) is 31.2 Å². The second-order valence-corrected chi connectivity index (χ2v) is 7.14. The van der Waals surface area contributed by atoms with Crippen molar-refractivity contribution in [3.05, 3.63) is 52.0 Å². The van der Waals surface area contributed by atoms with E-state index in [-0.39, 0.29) is 40.6 Å². The van der Waals surface area contributed by atoms with Crippen LogP contribution in [0.15, 0.2) is 35.1 Å². The SMILES string of the molecule is N#Cc1cnc(NC(=O)CN(CC2CC2F)C(=O)c2ccc(Br)c(F)c2)nc1. The Morgan fingerprint density at radius 2 is 2.04 bits per heavy atom. The topological polar surface area (TPSA) is 99.0 Å². The summed E-state index contributed by atoms with van der Waals surface area (Å²) in [6.07, 6.45) is 1.79. The van der Waals surface area contributed by atoms with E-state index in [1.54, 1.807) is 0 Å². The Morgan fingerprint density at radius 3 is 2.61 bits per heavy atom. The molecule has 1 aromatic heterocycles. The number of anilines is 1. The average Bonchev–Trinajstić information content (AvgIpc) is 3.38. The molecule has 2 aromatic rings. The van der Waals surface area contributed by atoms with Crippen LogP contribution >= 0.6 is 15.9 Å². The van der Waals surface area contributed by atoms with E-state index < -0.39 is 23.8 Å². The normalized spacial score (nSPS) is 17.5. The van der Waals surface area contributed by atoms with Crippen molar-refractivity contribution in [3.8, 4) is 6.07 Å². The zero-order chi connectivity index (χ0) is 20.3. The molecule has 1 aliphatic carbocycles. The third-order valence-corrected chi connectivity index (χ3v) is 4.75. The van der Waals surface area contributed by atoms with Crippen LogP contribution in [0.5, 0.6) is 0 Å². The predicted molar refractivity (Wildman–Crippen MR) is 98.4 cm³/mol. The standard InChI is InChI=1S/C18H14BrF2N5O2/c19-13-2-1-11(3-15(13)21)17(28)26(8-12-4-14(12)20)9-16(27)25-18-23-6-10(5-22)7-24-18/h1-3,6-7,12,14H,4,8-9H2,(H,23,24,25,27). The summed E-state index contributed by atoms with van der Waals surface area (Å²) in [5.74, 6) is -2.16. The van der Waals surface area contributed by atoms with Gasteiger partial charge in [0, 0.05) is 18.0 Å². The number of hydrogen-bond donors (Lipinski definition) is 1. The lowest BCUT2D eigenvalue weighted by atomic mass is 10.2. The maximum Gasteiger partial charge on any atom is 0.254 e. The molecule has 1 saturated carbocycles. The van der Waals surface area contributed by atoms with E-state index in [1.165, 1.54) is 29.4 Å². The summed E-state index contributed by atoms with van der Waals surface area (Å²) in [5, 5.41) is 11.1. The molecule has 1 aromatic carbocycles. The number of amides is 2. The third kappa shape index (κ3) is 4.86. The van der Waals surface area contributed by atoms with Gasteiger partial charge >= 0.3 is 0 Å². The maximum absolute atomic E-state index is 13.8. The summed E-state index contributed by atoms with van der Waals surface area (Å²) in [4.78, 5) is 33.8. The molecule has 10 heteroatoms. The van der Waals surface area contributed by atoms with Gasteiger partial charge in [-0.15, -0.1) is 0 Å². The van der Waals surface area contributed by atoms with Gasteiger partial charge < -0.3 is 4.90 Å². The zero-order valence-electron chi connectivity index (χ0n) is 14.4. The molecule has 1 heterocycles. The van der Waals surface area contributed by atoms with Gasteiger partial charge in [-0.25, -0.2) is 18.7 Å². The monoisotopic (exact) mass is 449 g/mol. The number of rotatable bonds is 6. The molecule has 1 fully saturated rings. The molecule has 2 unspecified atom stereocenters. The molecular weight excluding hydrogens is 436 g/mol. The first-order chi connectivity index (χ1) is 13.4. The fourth-order valence-corrected chi connectivity index (χ4v) is 2.75. The fourth-order valence-electron chi connectivity index (χ4n) is 2.50.